The van der Waals surface area contributed by atoms with Gasteiger partial charge in [0.1, 0.15) is 0 Å². The summed E-state index contributed by atoms with van der Waals surface area (Å²) in [5.74, 6) is 0.485. The Morgan fingerprint density at radius 3 is 2.60 bits per heavy atom. The lowest BCUT2D eigenvalue weighted by atomic mass is 10.2. The summed E-state index contributed by atoms with van der Waals surface area (Å²) < 4.78 is 15.4. The topological polar surface area (TPSA) is 46.8 Å². The molecule has 0 radical (unpaired) electrons. The minimum absolute atomic E-state index is 0.485. The van der Waals surface area contributed by atoms with Crippen LogP contribution in [0.3, 0.4) is 0 Å². The Morgan fingerprint density at radius 1 is 1.15 bits per heavy atom. The van der Waals surface area contributed by atoms with E-state index in [0.717, 1.165) is 5.56 Å². The molecule has 2 aromatic heterocycles. The lowest BCUT2D eigenvalue weighted by Crippen LogP contribution is -2.13. The molecular weight excluding hydrogens is 257 g/mol. The molecule has 0 aliphatic heterocycles. The average Bonchev–Trinajstić information content (AvgIpc) is 2.82. The highest BCUT2D eigenvalue weighted by Crippen LogP contribution is 2.21. The predicted octanol–water partition coefficient (Wildman–Crippen LogP) is 2.08. The summed E-state index contributed by atoms with van der Waals surface area (Å²) in [5.41, 5.74) is 2.22. The minimum Gasteiger partial charge on any atom is -0.361 e. The second-order valence-corrected chi connectivity index (χ2v) is 4.74. The second kappa shape index (κ2) is 4.88. The molecule has 0 fully saturated rings. The van der Waals surface area contributed by atoms with Crippen molar-refractivity contribution in [2.45, 2.75) is 6.54 Å². The first kappa shape index (κ1) is 12.5. The van der Waals surface area contributed by atoms with Crippen molar-refractivity contribution in [3.05, 3.63) is 48.3 Å². The summed E-state index contributed by atoms with van der Waals surface area (Å²) in [5, 5.41) is 0. The average molecular weight is 271 g/mol. The number of hydrogen-bond acceptors (Lipinski definition) is 4. The third kappa shape index (κ3) is 2.20. The van der Waals surface area contributed by atoms with Crippen LogP contribution in [-0.2, 0) is 6.54 Å². The van der Waals surface area contributed by atoms with Crippen LogP contribution in [0.1, 0.15) is 5.56 Å². The fourth-order valence-corrected chi connectivity index (χ4v) is 2.11. The van der Waals surface area contributed by atoms with Gasteiger partial charge in [0, 0.05) is 14.1 Å². The summed E-state index contributed by atoms with van der Waals surface area (Å²) in [4.78, 5) is 13.7. The number of rotatable bonds is 3. The molecule has 3 rings (SSSR count). The van der Waals surface area contributed by atoms with Gasteiger partial charge in [-0.15, -0.1) is 0 Å². The Labute approximate surface area is 115 Å². The molecule has 0 saturated heterocycles. The van der Waals surface area contributed by atoms with Gasteiger partial charge in [-0.25, -0.2) is 4.98 Å². The van der Waals surface area contributed by atoms with Gasteiger partial charge < -0.3 is 9.47 Å². The van der Waals surface area contributed by atoms with Gasteiger partial charge in [-0.05, 0) is 5.56 Å². The quantitative estimate of drug-likeness (QED) is 0.684. The van der Waals surface area contributed by atoms with Crippen LogP contribution in [0, 0.1) is 6.08 Å². The number of benzene rings is 1. The molecule has 0 spiro atoms. The number of aromatic nitrogens is 4. The highest BCUT2D eigenvalue weighted by Gasteiger charge is 2.14. The van der Waals surface area contributed by atoms with E-state index in [1.54, 1.807) is 25.3 Å². The Hall–Kier alpha value is -2.50. The van der Waals surface area contributed by atoms with Gasteiger partial charge in [0.05, 0.1) is 12.9 Å². The highest BCUT2D eigenvalue weighted by molar-refractivity contribution is 5.83. The second-order valence-electron chi connectivity index (χ2n) is 4.74. The Bertz CT molecular complexity index is 736. The molecule has 0 bridgehead atoms. The maximum absolute atomic E-state index is 13.6. The summed E-state index contributed by atoms with van der Waals surface area (Å²) in [6.45, 7) is 0.598. The number of imidazole rings is 1. The van der Waals surface area contributed by atoms with E-state index in [1.165, 1.54) is 0 Å². The van der Waals surface area contributed by atoms with E-state index in [4.69, 9.17) is 0 Å². The smallest absolute Gasteiger partial charge is 0.312 e. The molecule has 0 saturated carbocycles. The fraction of sp³-hybridized carbons (Fsp3) is 0.214. The van der Waals surface area contributed by atoms with E-state index in [1.807, 2.05) is 34.9 Å². The fourth-order valence-electron chi connectivity index (χ4n) is 2.11. The molecule has 6 heteroatoms. The maximum Gasteiger partial charge on any atom is 0.312 e. The molecule has 0 aliphatic carbocycles. The number of nitrogens with zero attached hydrogens (tertiary/aromatic N) is 5. The molecule has 0 amide bonds. The molecule has 0 N–H and O–H groups in total. The molecule has 5 nitrogen and oxygen atoms in total. The van der Waals surface area contributed by atoms with Crippen LogP contribution in [0.25, 0.3) is 11.2 Å². The van der Waals surface area contributed by atoms with Crippen molar-refractivity contribution in [3.8, 4) is 0 Å². The van der Waals surface area contributed by atoms with Crippen LogP contribution in [0.5, 0.6) is 0 Å². The van der Waals surface area contributed by atoms with Crippen LogP contribution in [0.15, 0.2) is 36.7 Å². The molecule has 20 heavy (non-hydrogen) atoms. The molecule has 3 aromatic rings. The van der Waals surface area contributed by atoms with Gasteiger partial charge in [-0.1, -0.05) is 30.3 Å². The SMILES string of the molecule is CN(C)c1nc(F)nc2c1ncn2Cc1ccccc1. The van der Waals surface area contributed by atoms with Gasteiger partial charge in [0.2, 0.25) is 0 Å². The Balaban J connectivity index is 2.09. The summed E-state index contributed by atoms with van der Waals surface area (Å²) in [6, 6.07) is 9.92. The Kier molecular flexibility index (Phi) is 3.06. The maximum atomic E-state index is 13.6. The Morgan fingerprint density at radius 2 is 1.90 bits per heavy atom. The zero-order chi connectivity index (χ0) is 14.1. The van der Waals surface area contributed by atoms with E-state index < -0.39 is 6.08 Å². The van der Waals surface area contributed by atoms with E-state index in [9.17, 15) is 4.39 Å². The van der Waals surface area contributed by atoms with Gasteiger partial charge >= 0.3 is 6.08 Å². The molecule has 0 aliphatic rings. The zero-order valence-electron chi connectivity index (χ0n) is 11.3. The zero-order valence-corrected chi connectivity index (χ0v) is 11.3. The van der Waals surface area contributed by atoms with Crippen molar-refractivity contribution >= 4 is 17.0 Å². The molecule has 2 heterocycles. The normalized spacial score (nSPS) is 10.9. The van der Waals surface area contributed by atoms with Crippen molar-refractivity contribution in [2.75, 3.05) is 19.0 Å². The first-order valence-electron chi connectivity index (χ1n) is 6.25. The van der Waals surface area contributed by atoms with Crippen LogP contribution >= 0.6 is 0 Å². The van der Waals surface area contributed by atoms with Crippen LogP contribution in [0.2, 0.25) is 0 Å². The van der Waals surface area contributed by atoms with Crippen LogP contribution < -0.4 is 4.90 Å². The van der Waals surface area contributed by atoms with E-state index in [0.29, 0.717) is 23.5 Å². The number of anilines is 1. The molecule has 0 atom stereocenters. The largest absolute Gasteiger partial charge is 0.361 e. The number of halogens is 1. The lowest BCUT2D eigenvalue weighted by molar-refractivity contribution is 0.541. The first-order chi connectivity index (χ1) is 9.65. The highest BCUT2D eigenvalue weighted by atomic mass is 19.1. The van der Waals surface area contributed by atoms with E-state index in [-0.39, 0.29) is 0 Å². The van der Waals surface area contributed by atoms with Crippen molar-refractivity contribution in [2.24, 2.45) is 0 Å². The third-order valence-corrected chi connectivity index (χ3v) is 3.04. The van der Waals surface area contributed by atoms with Gasteiger partial charge in [0.15, 0.2) is 17.0 Å². The van der Waals surface area contributed by atoms with Crippen LogP contribution in [-0.4, -0.2) is 33.6 Å². The van der Waals surface area contributed by atoms with Crippen LogP contribution in [0.4, 0.5) is 10.2 Å². The van der Waals surface area contributed by atoms with Gasteiger partial charge in [-0.2, -0.15) is 14.4 Å². The minimum atomic E-state index is -0.740. The van der Waals surface area contributed by atoms with Gasteiger partial charge in [0.25, 0.3) is 0 Å². The van der Waals surface area contributed by atoms with Crippen molar-refractivity contribution < 1.29 is 4.39 Å². The standard InChI is InChI=1S/C14H14FN5/c1-19(2)12-11-13(18-14(15)17-12)20(9-16-11)8-10-6-4-3-5-7-10/h3-7,9H,8H2,1-2H3. The van der Waals surface area contributed by atoms with Crippen molar-refractivity contribution in [3.63, 3.8) is 0 Å². The van der Waals surface area contributed by atoms with Crippen molar-refractivity contribution in [1.29, 1.82) is 0 Å². The third-order valence-electron chi connectivity index (χ3n) is 3.04. The van der Waals surface area contributed by atoms with E-state index >= 15 is 0 Å². The number of fused-ring (bicyclic) bond motifs is 1. The first-order valence-corrected chi connectivity index (χ1v) is 6.25. The van der Waals surface area contributed by atoms with Gasteiger partial charge in [-0.3, -0.25) is 0 Å². The van der Waals surface area contributed by atoms with Crippen molar-refractivity contribution in [1.82, 2.24) is 19.5 Å². The number of hydrogen-bond donors (Lipinski definition) is 0. The lowest BCUT2D eigenvalue weighted by Gasteiger charge is -2.11. The van der Waals surface area contributed by atoms with E-state index in [2.05, 4.69) is 15.0 Å². The summed E-state index contributed by atoms with van der Waals surface area (Å²) >= 11 is 0. The monoisotopic (exact) mass is 271 g/mol. The molecule has 1 aromatic carbocycles. The molecular formula is C14H14FN5. The predicted molar refractivity (Wildman–Crippen MR) is 75.2 cm³/mol. The molecule has 0 unspecified atom stereocenters. The molecule has 102 valence electrons. The summed E-state index contributed by atoms with van der Waals surface area (Å²) in [6.07, 6.45) is 0.926. The summed E-state index contributed by atoms with van der Waals surface area (Å²) in [7, 11) is 3.61.